The van der Waals surface area contributed by atoms with E-state index in [1.54, 1.807) is 0 Å². The molecule has 120 valence electrons. The van der Waals surface area contributed by atoms with Crippen molar-refractivity contribution in [1.82, 2.24) is 0 Å². The Morgan fingerprint density at radius 1 is 0.800 bits per heavy atom. The van der Waals surface area contributed by atoms with Gasteiger partial charge in [-0.1, -0.05) is 85.0 Å². The summed E-state index contributed by atoms with van der Waals surface area (Å²) in [5, 5.41) is 9.37. The highest BCUT2D eigenvalue weighted by molar-refractivity contribution is 5.70. The molecule has 0 heterocycles. The van der Waals surface area contributed by atoms with Crippen LogP contribution in [0.15, 0.2) is 0 Å². The van der Waals surface area contributed by atoms with Crippen LogP contribution in [0.25, 0.3) is 0 Å². The van der Waals surface area contributed by atoms with Gasteiger partial charge in [0.1, 0.15) is 0 Å². The topological polar surface area (TPSA) is 37.3 Å². The number of hydrogen-bond donors (Lipinski definition) is 1. The van der Waals surface area contributed by atoms with Crippen molar-refractivity contribution in [3.8, 4) is 0 Å². The van der Waals surface area contributed by atoms with Crippen LogP contribution in [-0.4, -0.2) is 11.1 Å². The average molecular weight is 284 g/mol. The number of hydrogen-bond acceptors (Lipinski definition) is 1. The van der Waals surface area contributed by atoms with Crippen LogP contribution in [0, 0.1) is 11.8 Å². The zero-order valence-electron chi connectivity index (χ0n) is 14.0. The van der Waals surface area contributed by atoms with Gasteiger partial charge in [0.25, 0.3) is 0 Å². The van der Waals surface area contributed by atoms with E-state index in [0.717, 1.165) is 19.3 Å². The van der Waals surface area contributed by atoms with E-state index in [-0.39, 0.29) is 5.92 Å². The second-order valence-corrected chi connectivity index (χ2v) is 6.33. The Morgan fingerprint density at radius 2 is 1.25 bits per heavy atom. The standard InChI is InChI=1S/C18H36O2/c1-4-6-8-9-10-11-13-15-17(18(19)20)16(3)14-12-7-5-2/h16-17H,4-15H2,1-3H3,(H,19,20). The monoisotopic (exact) mass is 284 g/mol. The fraction of sp³-hybridized carbons (Fsp3) is 0.944. The highest BCUT2D eigenvalue weighted by Crippen LogP contribution is 2.24. The Balaban J connectivity index is 3.76. The second kappa shape index (κ2) is 13.5. The third-order valence-corrected chi connectivity index (χ3v) is 4.39. The van der Waals surface area contributed by atoms with Crippen LogP contribution in [0.3, 0.4) is 0 Å². The fourth-order valence-electron chi connectivity index (χ4n) is 2.89. The Morgan fingerprint density at radius 3 is 1.80 bits per heavy atom. The van der Waals surface area contributed by atoms with E-state index in [1.165, 1.54) is 57.8 Å². The van der Waals surface area contributed by atoms with E-state index in [1.807, 2.05) is 0 Å². The van der Waals surface area contributed by atoms with Crippen molar-refractivity contribution in [2.45, 2.75) is 97.8 Å². The Labute approximate surface area is 126 Å². The molecule has 0 aliphatic rings. The highest BCUT2D eigenvalue weighted by Gasteiger charge is 2.23. The molecular weight excluding hydrogens is 248 g/mol. The number of unbranched alkanes of at least 4 members (excludes halogenated alkanes) is 8. The van der Waals surface area contributed by atoms with Crippen LogP contribution in [0.5, 0.6) is 0 Å². The van der Waals surface area contributed by atoms with Gasteiger partial charge in [0.05, 0.1) is 5.92 Å². The predicted molar refractivity (Wildman–Crippen MR) is 87.0 cm³/mol. The summed E-state index contributed by atoms with van der Waals surface area (Å²) < 4.78 is 0. The molecule has 0 fully saturated rings. The molecule has 0 saturated carbocycles. The molecule has 0 aromatic carbocycles. The van der Waals surface area contributed by atoms with Crippen LogP contribution in [0.1, 0.15) is 97.8 Å². The molecule has 0 radical (unpaired) electrons. The maximum atomic E-state index is 11.4. The molecule has 1 N–H and O–H groups in total. The number of carbonyl (C=O) groups is 1. The Kier molecular flexibility index (Phi) is 13.1. The van der Waals surface area contributed by atoms with Gasteiger partial charge in [-0.15, -0.1) is 0 Å². The van der Waals surface area contributed by atoms with Gasteiger partial charge in [0, 0.05) is 0 Å². The third-order valence-electron chi connectivity index (χ3n) is 4.39. The lowest BCUT2D eigenvalue weighted by molar-refractivity contribution is -0.143. The first kappa shape index (κ1) is 19.5. The lowest BCUT2D eigenvalue weighted by Crippen LogP contribution is -2.21. The Hall–Kier alpha value is -0.530. The molecule has 0 amide bonds. The summed E-state index contributed by atoms with van der Waals surface area (Å²) in [5.41, 5.74) is 0. The van der Waals surface area contributed by atoms with Crippen LogP contribution in [0.4, 0.5) is 0 Å². The maximum Gasteiger partial charge on any atom is 0.306 e. The normalized spacial score (nSPS) is 14.2. The van der Waals surface area contributed by atoms with Gasteiger partial charge in [-0.05, 0) is 18.8 Å². The van der Waals surface area contributed by atoms with E-state index < -0.39 is 5.97 Å². The minimum atomic E-state index is -0.583. The number of rotatable bonds is 14. The third kappa shape index (κ3) is 10.3. The summed E-state index contributed by atoms with van der Waals surface area (Å²) in [6, 6.07) is 0. The second-order valence-electron chi connectivity index (χ2n) is 6.33. The molecule has 0 aromatic rings. The largest absolute Gasteiger partial charge is 0.481 e. The molecule has 2 atom stereocenters. The minimum Gasteiger partial charge on any atom is -0.481 e. The SMILES string of the molecule is CCCCCCCCCC(C(=O)O)C(C)CCCCC. The van der Waals surface area contributed by atoms with E-state index in [9.17, 15) is 9.90 Å². The van der Waals surface area contributed by atoms with Gasteiger partial charge < -0.3 is 5.11 Å². The first-order valence-electron chi connectivity index (χ1n) is 8.86. The first-order valence-corrected chi connectivity index (χ1v) is 8.86. The summed E-state index contributed by atoms with van der Waals surface area (Å²) in [4.78, 5) is 11.4. The van der Waals surface area contributed by atoms with Gasteiger partial charge in [0.2, 0.25) is 0 Å². The fourth-order valence-corrected chi connectivity index (χ4v) is 2.89. The highest BCUT2D eigenvalue weighted by atomic mass is 16.4. The van der Waals surface area contributed by atoms with Crippen LogP contribution in [0.2, 0.25) is 0 Å². The molecule has 2 nitrogen and oxygen atoms in total. The van der Waals surface area contributed by atoms with Crippen LogP contribution in [-0.2, 0) is 4.79 Å². The van der Waals surface area contributed by atoms with Crippen molar-refractivity contribution in [3.05, 3.63) is 0 Å². The molecule has 2 unspecified atom stereocenters. The summed E-state index contributed by atoms with van der Waals surface area (Å²) in [6.45, 7) is 6.55. The molecule has 20 heavy (non-hydrogen) atoms. The predicted octanol–water partition coefficient (Wildman–Crippen LogP) is 6.04. The lowest BCUT2D eigenvalue weighted by atomic mass is 9.85. The average Bonchev–Trinajstić information content (AvgIpc) is 2.41. The maximum absolute atomic E-state index is 11.4. The summed E-state index contributed by atoms with van der Waals surface area (Å²) >= 11 is 0. The van der Waals surface area contributed by atoms with E-state index in [4.69, 9.17) is 0 Å². The molecule has 2 heteroatoms. The summed E-state index contributed by atoms with van der Waals surface area (Å²) in [6.07, 6.45) is 14.4. The molecule has 0 aliphatic carbocycles. The van der Waals surface area contributed by atoms with Crippen molar-refractivity contribution in [3.63, 3.8) is 0 Å². The van der Waals surface area contributed by atoms with E-state index in [0.29, 0.717) is 5.92 Å². The molecule has 0 aliphatic heterocycles. The zero-order chi connectivity index (χ0) is 15.2. The van der Waals surface area contributed by atoms with E-state index in [2.05, 4.69) is 20.8 Å². The van der Waals surface area contributed by atoms with Crippen molar-refractivity contribution in [1.29, 1.82) is 0 Å². The van der Waals surface area contributed by atoms with Crippen LogP contribution >= 0.6 is 0 Å². The molecule has 0 bridgehead atoms. The van der Waals surface area contributed by atoms with Gasteiger partial charge in [-0.2, -0.15) is 0 Å². The molecule has 0 spiro atoms. The lowest BCUT2D eigenvalue weighted by Gasteiger charge is -2.20. The van der Waals surface area contributed by atoms with Gasteiger partial charge in [-0.25, -0.2) is 0 Å². The zero-order valence-corrected chi connectivity index (χ0v) is 14.0. The van der Waals surface area contributed by atoms with Crippen molar-refractivity contribution in [2.75, 3.05) is 0 Å². The minimum absolute atomic E-state index is 0.123. The number of carboxylic acids is 1. The molecule has 0 rings (SSSR count). The van der Waals surface area contributed by atoms with Crippen molar-refractivity contribution in [2.24, 2.45) is 11.8 Å². The van der Waals surface area contributed by atoms with Crippen LogP contribution < -0.4 is 0 Å². The van der Waals surface area contributed by atoms with Gasteiger partial charge >= 0.3 is 5.97 Å². The summed E-state index contributed by atoms with van der Waals surface area (Å²) in [5.74, 6) is -0.373. The van der Waals surface area contributed by atoms with E-state index >= 15 is 0 Å². The number of carboxylic acid groups (broad SMARTS) is 1. The quantitative estimate of drug-likeness (QED) is 0.394. The Bertz CT molecular complexity index is 225. The molecule has 0 aromatic heterocycles. The van der Waals surface area contributed by atoms with Gasteiger partial charge in [0.15, 0.2) is 0 Å². The first-order chi connectivity index (χ1) is 9.63. The smallest absolute Gasteiger partial charge is 0.306 e. The van der Waals surface area contributed by atoms with Gasteiger partial charge in [-0.3, -0.25) is 4.79 Å². The number of aliphatic carboxylic acids is 1. The van der Waals surface area contributed by atoms with Crippen molar-refractivity contribution >= 4 is 5.97 Å². The molecular formula is C18H36O2. The van der Waals surface area contributed by atoms with Crippen molar-refractivity contribution < 1.29 is 9.90 Å². The summed E-state index contributed by atoms with van der Waals surface area (Å²) in [7, 11) is 0. The molecule has 0 saturated heterocycles.